The van der Waals surface area contributed by atoms with Gasteiger partial charge in [0.2, 0.25) is 0 Å². The largest absolute Gasteiger partial charge is 0.378 e. The van der Waals surface area contributed by atoms with Crippen LogP contribution < -0.4 is 0 Å². The summed E-state index contributed by atoms with van der Waals surface area (Å²) < 4.78 is 6.24. The molecule has 3 rings (SSSR count). The minimum absolute atomic E-state index is 0.552. The Morgan fingerprint density at radius 1 is 0.929 bits per heavy atom. The van der Waals surface area contributed by atoms with Crippen LogP contribution in [-0.4, -0.2) is 12.7 Å². The summed E-state index contributed by atoms with van der Waals surface area (Å²) >= 11 is 0. The average molecular weight is 383 g/mol. The molecule has 0 amide bonds. The van der Waals surface area contributed by atoms with Gasteiger partial charge in [0.1, 0.15) is 0 Å². The van der Waals surface area contributed by atoms with E-state index in [2.05, 4.69) is 50.3 Å². The van der Waals surface area contributed by atoms with E-state index in [1.54, 1.807) is 5.56 Å². The van der Waals surface area contributed by atoms with Crippen LogP contribution in [0.4, 0.5) is 0 Å². The summed E-state index contributed by atoms with van der Waals surface area (Å²) in [5, 5.41) is 0. The molecule has 0 aliphatic heterocycles. The number of aryl methyl sites for hydroxylation is 1. The van der Waals surface area contributed by atoms with E-state index >= 15 is 0 Å². The van der Waals surface area contributed by atoms with Crippen molar-refractivity contribution >= 4 is 0 Å². The molecule has 0 spiro atoms. The molecule has 2 aliphatic rings. The molecule has 1 heteroatoms. The van der Waals surface area contributed by atoms with Crippen LogP contribution in [0.25, 0.3) is 0 Å². The molecule has 1 aromatic rings. The van der Waals surface area contributed by atoms with Crippen molar-refractivity contribution in [2.75, 3.05) is 6.61 Å². The summed E-state index contributed by atoms with van der Waals surface area (Å²) in [5.41, 5.74) is 3.06. The Hall–Kier alpha value is -1.08. The minimum Gasteiger partial charge on any atom is -0.378 e. The first kappa shape index (κ1) is 21.6. The van der Waals surface area contributed by atoms with Crippen LogP contribution in [-0.2, 0) is 11.2 Å². The van der Waals surface area contributed by atoms with Gasteiger partial charge in [-0.1, -0.05) is 62.6 Å². The zero-order valence-corrected chi connectivity index (χ0v) is 18.4. The maximum Gasteiger partial charge on any atom is 0.0578 e. The van der Waals surface area contributed by atoms with Crippen molar-refractivity contribution in [3.8, 4) is 0 Å². The number of hydrogen-bond donors (Lipinski definition) is 0. The van der Waals surface area contributed by atoms with E-state index in [-0.39, 0.29) is 0 Å². The number of fused-ring (bicyclic) bond motifs is 1. The van der Waals surface area contributed by atoms with Crippen molar-refractivity contribution in [2.45, 2.75) is 103 Å². The lowest BCUT2D eigenvalue weighted by Crippen LogP contribution is -2.33. The molecule has 28 heavy (non-hydrogen) atoms. The Kier molecular flexibility index (Phi) is 9.12. The summed E-state index contributed by atoms with van der Waals surface area (Å²) in [6.45, 7) is 5.37. The summed E-state index contributed by atoms with van der Waals surface area (Å²) in [6, 6.07) is 9.57. The van der Waals surface area contributed by atoms with Gasteiger partial charge in [-0.2, -0.15) is 0 Å². The fourth-order valence-corrected chi connectivity index (χ4v) is 5.45. The molecule has 1 nitrogen and oxygen atoms in total. The van der Waals surface area contributed by atoms with Gasteiger partial charge in [0.15, 0.2) is 0 Å². The molecular weight excluding hydrogens is 340 g/mol. The van der Waals surface area contributed by atoms with Gasteiger partial charge in [-0.3, -0.25) is 0 Å². The molecule has 2 aliphatic carbocycles. The molecule has 1 aromatic carbocycles. The summed E-state index contributed by atoms with van der Waals surface area (Å²) in [6.07, 6.45) is 20.8. The lowest BCUT2D eigenvalue weighted by atomic mass is 9.65. The summed E-state index contributed by atoms with van der Waals surface area (Å²) in [4.78, 5) is 0. The fourth-order valence-electron chi connectivity index (χ4n) is 5.45. The smallest absolute Gasteiger partial charge is 0.0578 e. The third kappa shape index (κ3) is 6.48. The van der Waals surface area contributed by atoms with Gasteiger partial charge in [0.25, 0.3) is 0 Å². The van der Waals surface area contributed by atoms with Crippen molar-refractivity contribution in [2.24, 2.45) is 11.8 Å². The highest BCUT2D eigenvalue weighted by molar-refractivity contribution is 5.26. The molecule has 2 saturated carbocycles. The van der Waals surface area contributed by atoms with E-state index < -0.39 is 0 Å². The van der Waals surface area contributed by atoms with E-state index in [1.807, 2.05) is 0 Å². The highest BCUT2D eigenvalue weighted by Gasteiger charge is 2.36. The fraction of sp³-hybridized carbons (Fsp3) is 0.704. The maximum absolute atomic E-state index is 6.24. The van der Waals surface area contributed by atoms with Crippen LogP contribution in [0.5, 0.6) is 0 Å². The normalized spacial score (nSPS) is 27.8. The Morgan fingerprint density at radius 3 is 2.50 bits per heavy atom. The van der Waals surface area contributed by atoms with Crippen molar-refractivity contribution in [3.05, 3.63) is 47.5 Å². The first-order valence-corrected chi connectivity index (χ1v) is 12.1. The summed E-state index contributed by atoms with van der Waals surface area (Å²) in [5.74, 6) is 2.65. The number of unbranched alkanes of at least 4 members (excludes halogenated alkanes) is 3. The number of benzene rings is 1. The summed E-state index contributed by atoms with van der Waals surface area (Å²) in [7, 11) is 0. The molecule has 0 N–H and O–H groups in total. The van der Waals surface area contributed by atoms with Crippen LogP contribution >= 0.6 is 0 Å². The molecule has 2 fully saturated rings. The Balaban J connectivity index is 1.42. The predicted molar refractivity (Wildman–Crippen MR) is 121 cm³/mol. The number of ether oxygens (including phenoxy) is 1. The van der Waals surface area contributed by atoms with Gasteiger partial charge in [-0.15, -0.1) is 0 Å². The second kappa shape index (κ2) is 11.8. The minimum atomic E-state index is 0.552. The SMILES string of the molecule is C/C=C/CCc1ccc(C2CCC3CC(OCCCCCC)CCC3C2)cc1. The standard InChI is InChI=1S/C27H42O/c1-3-5-7-9-19-28-27-18-17-25-20-24(15-16-26(25)21-27)23-13-11-22(12-14-23)10-8-6-4-2/h4,6,11-14,24-27H,3,5,7-10,15-21H2,1-2H3/b6-4+. The highest BCUT2D eigenvalue weighted by atomic mass is 16.5. The van der Waals surface area contributed by atoms with Gasteiger partial charge in [0, 0.05) is 6.61 Å². The lowest BCUT2D eigenvalue weighted by molar-refractivity contribution is -0.0163. The number of allylic oxidation sites excluding steroid dienone is 2. The van der Waals surface area contributed by atoms with E-state index in [0.717, 1.165) is 30.8 Å². The van der Waals surface area contributed by atoms with Crippen molar-refractivity contribution in [1.29, 1.82) is 0 Å². The molecule has 0 bridgehead atoms. The van der Waals surface area contributed by atoms with Crippen molar-refractivity contribution in [3.63, 3.8) is 0 Å². The molecule has 0 radical (unpaired) electrons. The second-order valence-electron chi connectivity index (χ2n) is 9.25. The van der Waals surface area contributed by atoms with Gasteiger partial charge < -0.3 is 4.74 Å². The monoisotopic (exact) mass is 382 g/mol. The molecule has 4 atom stereocenters. The van der Waals surface area contributed by atoms with Crippen molar-refractivity contribution in [1.82, 2.24) is 0 Å². The predicted octanol–water partition coefficient (Wildman–Crippen LogP) is 7.84. The van der Waals surface area contributed by atoms with Gasteiger partial charge in [-0.05, 0) is 93.6 Å². The number of rotatable bonds is 10. The van der Waals surface area contributed by atoms with E-state index in [4.69, 9.17) is 4.74 Å². The Morgan fingerprint density at radius 2 is 1.71 bits per heavy atom. The Bertz CT molecular complexity index is 572. The molecule has 156 valence electrons. The highest BCUT2D eigenvalue weighted by Crippen LogP contribution is 2.46. The topological polar surface area (TPSA) is 9.23 Å². The zero-order valence-electron chi connectivity index (χ0n) is 18.4. The van der Waals surface area contributed by atoms with Gasteiger partial charge >= 0.3 is 0 Å². The van der Waals surface area contributed by atoms with E-state index in [1.165, 1.54) is 76.2 Å². The quantitative estimate of drug-likeness (QED) is 0.296. The van der Waals surface area contributed by atoms with E-state index in [0.29, 0.717) is 6.10 Å². The van der Waals surface area contributed by atoms with Gasteiger partial charge in [0.05, 0.1) is 6.10 Å². The second-order valence-corrected chi connectivity index (χ2v) is 9.25. The maximum atomic E-state index is 6.24. The van der Waals surface area contributed by atoms with Gasteiger partial charge in [-0.25, -0.2) is 0 Å². The average Bonchev–Trinajstić information content (AvgIpc) is 2.74. The first-order valence-electron chi connectivity index (χ1n) is 12.1. The molecule has 0 saturated heterocycles. The van der Waals surface area contributed by atoms with Crippen LogP contribution in [0.1, 0.15) is 102 Å². The van der Waals surface area contributed by atoms with Crippen LogP contribution in [0.3, 0.4) is 0 Å². The molecule has 4 unspecified atom stereocenters. The third-order valence-electron chi connectivity index (χ3n) is 7.20. The van der Waals surface area contributed by atoms with Crippen LogP contribution in [0, 0.1) is 11.8 Å². The third-order valence-corrected chi connectivity index (χ3v) is 7.20. The van der Waals surface area contributed by atoms with Crippen LogP contribution in [0.15, 0.2) is 36.4 Å². The van der Waals surface area contributed by atoms with Crippen LogP contribution in [0.2, 0.25) is 0 Å². The van der Waals surface area contributed by atoms with Crippen molar-refractivity contribution < 1.29 is 4.74 Å². The Labute approximate surface area is 174 Å². The molecular formula is C27H42O. The lowest BCUT2D eigenvalue weighted by Gasteiger charge is -2.42. The molecule has 0 aromatic heterocycles. The number of hydrogen-bond acceptors (Lipinski definition) is 1. The molecule has 0 heterocycles. The van der Waals surface area contributed by atoms with E-state index in [9.17, 15) is 0 Å². The first-order chi connectivity index (χ1) is 13.8. The zero-order chi connectivity index (χ0) is 19.6.